The highest BCUT2D eigenvalue weighted by molar-refractivity contribution is 5.27. The molecule has 18 heavy (non-hydrogen) atoms. The maximum atomic E-state index is 10.7. The van der Waals surface area contributed by atoms with Gasteiger partial charge in [-0.05, 0) is 36.9 Å². The maximum absolute atomic E-state index is 10.7. The van der Waals surface area contributed by atoms with Gasteiger partial charge in [0.05, 0.1) is 6.61 Å². The first kappa shape index (κ1) is 15.2. The second-order valence-corrected chi connectivity index (χ2v) is 4.80. The van der Waals surface area contributed by atoms with Crippen molar-refractivity contribution in [2.24, 2.45) is 5.73 Å². The molecule has 0 heterocycles. The molecule has 3 heteroatoms. The summed E-state index contributed by atoms with van der Waals surface area (Å²) in [7, 11) is 1.61. The predicted molar refractivity (Wildman–Crippen MR) is 74.5 cm³/mol. The van der Waals surface area contributed by atoms with Gasteiger partial charge in [-0.3, -0.25) is 0 Å². The van der Waals surface area contributed by atoms with Gasteiger partial charge in [0, 0.05) is 7.11 Å². The van der Waals surface area contributed by atoms with E-state index in [0.29, 0.717) is 19.6 Å². The second kappa shape index (κ2) is 7.52. The lowest BCUT2D eigenvalue weighted by Gasteiger charge is -2.28. The first-order chi connectivity index (χ1) is 8.66. The third-order valence-electron chi connectivity index (χ3n) is 3.21. The lowest BCUT2D eigenvalue weighted by Crippen LogP contribution is -2.32. The van der Waals surface area contributed by atoms with E-state index in [1.165, 1.54) is 5.56 Å². The normalized spacial score (nSPS) is 14.4. The van der Waals surface area contributed by atoms with E-state index in [1.54, 1.807) is 7.11 Å². The van der Waals surface area contributed by atoms with Crippen molar-refractivity contribution in [3.63, 3.8) is 0 Å². The monoisotopic (exact) mass is 251 g/mol. The Morgan fingerprint density at radius 3 is 2.44 bits per heavy atom. The van der Waals surface area contributed by atoms with Crippen LogP contribution in [0.3, 0.4) is 0 Å². The van der Waals surface area contributed by atoms with Crippen molar-refractivity contribution in [1.82, 2.24) is 0 Å². The zero-order chi connectivity index (χ0) is 13.4. The number of methoxy groups -OCH3 is 1. The molecule has 0 bridgehead atoms. The van der Waals surface area contributed by atoms with Gasteiger partial charge in [0.15, 0.2) is 0 Å². The lowest BCUT2D eigenvalue weighted by molar-refractivity contribution is -0.0429. The summed E-state index contributed by atoms with van der Waals surface area (Å²) in [5.74, 6) is 0. The van der Waals surface area contributed by atoms with Crippen molar-refractivity contribution in [2.45, 2.75) is 38.2 Å². The molecule has 1 unspecified atom stereocenters. The summed E-state index contributed by atoms with van der Waals surface area (Å²) in [5, 5.41) is 10.7. The molecule has 1 aromatic carbocycles. The largest absolute Gasteiger partial charge is 0.383 e. The number of aryl methyl sites for hydroxylation is 1. The van der Waals surface area contributed by atoms with E-state index in [-0.39, 0.29) is 0 Å². The lowest BCUT2D eigenvalue weighted by atomic mass is 9.89. The van der Waals surface area contributed by atoms with Gasteiger partial charge in [-0.15, -0.1) is 0 Å². The standard InChI is InChI=1S/C15H25NO2/c1-3-5-13-6-8-14(9-7-13)15(17,12-18-2)10-4-11-16/h6-9,17H,3-5,10-12,16H2,1-2H3. The van der Waals surface area contributed by atoms with Crippen LogP contribution in [0.25, 0.3) is 0 Å². The molecule has 0 aliphatic rings. The second-order valence-electron chi connectivity index (χ2n) is 4.80. The van der Waals surface area contributed by atoms with Crippen LogP contribution in [0.2, 0.25) is 0 Å². The molecule has 0 aromatic heterocycles. The summed E-state index contributed by atoms with van der Waals surface area (Å²) in [6, 6.07) is 8.17. The summed E-state index contributed by atoms with van der Waals surface area (Å²) in [6.07, 6.45) is 3.63. The molecule has 1 rings (SSSR count). The van der Waals surface area contributed by atoms with Gasteiger partial charge in [0.25, 0.3) is 0 Å². The molecule has 0 aliphatic carbocycles. The third-order valence-corrected chi connectivity index (χ3v) is 3.21. The van der Waals surface area contributed by atoms with Gasteiger partial charge in [-0.1, -0.05) is 37.6 Å². The van der Waals surface area contributed by atoms with E-state index < -0.39 is 5.60 Å². The van der Waals surface area contributed by atoms with Gasteiger partial charge >= 0.3 is 0 Å². The summed E-state index contributed by atoms with van der Waals surface area (Å²) >= 11 is 0. The summed E-state index contributed by atoms with van der Waals surface area (Å²) < 4.78 is 5.15. The molecule has 0 spiro atoms. The summed E-state index contributed by atoms with van der Waals surface area (Å²) in [4.78, 5) is 0. The quantitative estimate of drug-likeness (QED) is 0.745. The summed E-state index contributed by atoms with van der Waals surface area (Å²) in [5.41, 5.74) is 6.82. The van der Waals surface area contributed by atoms with Gasteiger partial charge < -0.3 is 15.6 Å². The fourth-order valence-corrected chi connectivity index (χ4v) is 2.20. The molecule has 0 aliphatic heterocycles. The van der Waals surface area contributed by atoms with E-state index in [0.717, 1.165) is 24.8 Å². The van der Waals surface area contributed by atoms with E-state index in [9.17, 15) is 5.11 Å². The Labute approximate surface area is 110 Å². The molecular weight excluding hydrogens is 226 g/mol. The highest BCUT2D eigenvalue weighted by atomic mass is 16.5. The molecule has 1 aromatic rings. The Morgan fingerprint density at radius 1 is 1.28 bits per heavy atom. The Hall–Kier alpha value is -0.900. The van der Waals surface area contributed by atoms with Crippen molar-refractivity contribution in [3.8, 4) is 0 Å². The fourth-order valence-electron chi connectivity index (χ4n) is 2.20. The average Bonchev–Trinajstić information content (AvgIpc) is 2.38. The number of benzene rings is 1. The molecule has 102 valence electrons. The highest BCUT2D eigenvalue weighted by Gasteiger charge is 2.28. The van der Waals surface area contributed by atoms with Crippen molar-refractivity contribution < 1.29 is 9.84 Å². The number of ether oxygens (including phenoxy) is 1. The Balaban J connectivity index is 2.84. The van der Waals surface area contributed by atoms with Crippen molar-refractivity contribution >= 4 is 0 Å². The van der Waals surface area contributed by atoms with Crippen molar-refractivity contribution in [3.05, 3.63) is 35.4 Å². The minimum absolute atomic E-state index is 0.306. The molecule has 3 nitrogen and oxygen atoms in total. The topological polar surface area (TPSA) is 55.5 Å². The molecule has 0 saturated carbocycles. The Bertz CT molecular complexity index is 337. The minimum Gasteiger partial charge on any atom is -0.383 e. The van der Waals surface area contributed by atoms with E-state index in [1.807, 2.05) is 12.1 Å². The van der Waals surface area contributed by atoms with E-state index in [2.05, 4.69) is 19.1 Å². The average molecular weight is 251 g/mol. The SMILES string of the molecule is CCCc1ccc(C(O)(CCCN)COC)cc1. The minimum atomic E-state index is -0.918. The van der Waals surface area contributed by atoms with Gasteiger partial charge in [-0.25, -0.2) is 0 Å². The van der Waals surface area contributed by atoms with Crippen LogP contribution in [0.4, 0.5) is 0 Å². The molecule has 1 atom stereocenters. The van der Waals surface area contributed by atoms with Gasteiger partial charge in [0.2, 0.25) is 0 Å². The maximum Gasteiger partial charge on any atom is 0.113 e. The van der Waals surface area contributed by atoms with Crippen LogP contribution in [-0.4, -0.2) is 25.4 Å². The highest BCUT2D eigenvalue weighted by Crippen LogP contribution is 2.27. The Kier molecular flexibility index (Phi) is 6.33. The number of aliphatic hydroxyl groups is 1. The van der Waals surface area contributed by atoms with Crippen molar-refractivity contribution in [1.29, 1.82) is 0 Å². The van der Waals surface area contributed by atoms with Crippen LogP contribution < -0.4 is 5.73 Å². The number of hydrogen-bond donors (Lipinski definition) is 2. The zero-order valence-electron chi connectivity index (χ0n) is 11.5. The van der Waals surface area contributed by atoms with Crippen LogP contribution in [0.5, 0.6) is 0 Å². The van der Waals surface area contributed by atoms with Crippen molar-refractivity contribution in [2.75, 3.05) is 20.3 Å². The zero-order valence-corrected chi connectivity index (χ0v) is 11.5. The van der Waals surface area contributed by atoms with Crippen LogP contribution in [0.1, 0.15) is 37.3 Å². The predicted octanol–water partition coefficient (Wildman–Crippen LogP) is 2.21. The van der Waals surface area contributed by atoms with Crippen LogP contribution in [0, 0.1) is 0 Å². The first-order valence-corrected chi connectivity index (χ1v) is 6.67. The summed E-state index contributed by atoms with van der Waals surface area (Å²) in [6.45, 7) is 3.05. The smallest absolute Gasteiger partial charge is 0.113 e. The molecule has 0 fully saturated rings. The van der Waals surface area contributed by atoms with Gasteiger partial charge in [-0.2, -0.15) is 0 Å². The van der Waals surface area contributed by atoms with Crippen LogP contribution in [-0.2, 0) is 16.8 Å². The number of hydrogen-bond acceptors (Lipinski definition) is 3. The number of nitrogens with two attached hydrogens (primary N) is 1. The fraction of sp³-hybridized carbons (Fsp3) is 0.600. The molecule has 0 amide bonds. The molecule has 0 radical (unpaired) electrons. The first-order valence-electron chi connectivity index (χ1n) is 6.67. The van der Waals surface area contributed by atoms with Gasteiger partial charge in [0.1, 0.15) is 5.60 Å². The molecule has 0 saturated heterocycles. The number of rotatable bonds is 8. The van der Waals surface area contributed by atoms with E-state index in [4.69, 9.17) is 10.5 Å². The third kappa shape index (κ3) is 4.09. The Morgan fingerprint density at radius 2 is 1.94 bits per heavy atom. The van der Waals surface area contributed by atoms with Crippen LogP contribution in [0.15, 0.2) is 24.3 Å². The molecule has 3 N–H and O–H groups in total. The van der Waals surface area contributed by atoms with E-state index >= 15 is 0 Å². The molecular formula is C15H25NO2. The van der Waals surface area contributed by atoms with Crippen LogP contribution >= 0.6 is 0 Å².